The quantitative estimate of drug-likeness (QED) is 0.419. The second-order valence-corrected chi connectivity index (χ2v) is 1.76. The molecule has 0 saturated carbocycles. The predicted molar refractivity (Wildman–Crippen MR) is 29.6 cm³/mol. The van der Waals surface area contributed by atoms with Crippen LogP contribution < -0.4 is 5.48 Å². The Morgan fingerprint density at radius 3 is 2.25 bits per heavy atom. The van der Waals surface area contributed by atoms with Gasteiger partial charge in [0, 0.05) is 0 Å². The van der Waals surface area contributed by atoms with Crippen molar-refractivity contribution in [2.45, 2.75) is 25.9 Å². The summed E-state index contributed by atoms with van der Waals surface area (Å²) in [5.41, 5.74) is 1.92. The zero-order valence-electron chi connectivity index (χ0n) is 4.96. The molecule has 0 aliphatic carbocycles. The van der Waals surface area contributed by atoms with E-state index in [-0.39, 0.29) is 12.1 Å². The number of nitrogens with one attached hydrogen (secondary N) is 1. The summed E-state index contributed by atoms with van der Waals surface area (Å²) in [6.45, 7) is 3.30. The lowest BCUT2D eigenvalue weighted by Crippen LogP contribution is -2.31. The molecule has 0 aliphatic rings. The van der Waals surface area contributed by atoms with Gasteiger partial charge in [-0.3, -0.25) is 0 Å². The maximum absolute atomic E-state index is 9.70. The summed E-state index contributed by atoms with van der Waals surface area (Å²) < 4.78 is 0. The minimum Gasteiger partial charge on any atom is -0.316 e. The fraction of sp³-hybridized carbons (Fsp3) is 1.00. The number of hydrogen-bond donors (Lipinski definition) is 2. The van der Waals surface area contributed by atoms with Gasteiger partial charge in [0.15, 0.2) is 0 Å². The Kier molecular flexibility index (Phi) is 3.30. The molecule has 0 amide bonds. The van der Waals surface area contributed by atoms with Gasteiger partial charge >= 0.3 is 0 Å². The number of hydroxylamine groups is 1. The molecule has 0 aromatic rings. The van der Waals surface area contributed by atoms with E-state index in [4.69, 9.17) is 5.21 Å². The van der Waals surface area contributed by atoms with Crippen molar-refractivity contribution in [2.24, 2.45) is 5.18 Å². The average Bonchev–Trinajstić information content (AvgIpc) is 1.84. The van der Waals surface area contributed by atoms with Crippen LogP contribution in [0.25, 0.3) is 0 Å². The van der Waals surface area contributed by atoms with E-state index in [1.807, 2.05) is 5.48 Å². The molecule has 0 spiro atoms. The van der Waals surface area contributed by atoms with Crippen molar-refractivity contribution >= 4 is 0 Å². The van der Waals surface area contributed by atoms with E-state index in [0.29, 0.717) is 0 Å². The third-order valence-electron chi connectivity index (χ3n) is 1.09. The topological polar surface area (TPSA) is 61.7 Å². The molecule has 0 saturated heterocycles. The van der Waals surface area contributed by atoms with Gasteiger partial charge in [-0.25, -0.2) is 5.48 Å². The molecule has 0 aromatic carbocycles. The van der Waals surface area contributed by atoms with Crippen LogP contribution in [0.2, 0.25) is 0 Å². The van der Waals surface area contributed by atoms with Gasteiger partial charge in [-0.1, -0.05) is 5.18 Å². The lowest BCUT2D eigenvalue weighted by molar-refractivity contribution is 0.124. The Bertz CT molecular complexity index is 76.4. The summed E-state index contributed by atoms with van der Waals surface area (Å²) in [5.74, 6) is 0. The maximum atomic E-state index is 9.70. The first kappa shape index (κ1) is 7.52. The summed E-state index contributed by atoms with van der Waals surface area (Å²) in [6, 6.07) is -0.632. The molecule has 0 rings (SSSR count). The highest BCUT2D eigenvalue weighted by molar-refractivity contribution is 4.68. The van der Waals surface area contributed by atoms with Crippen LogP contribution in [0, 0.1) is 4.91 Å². The highest BCUT2D eigenvalue weighted by Gasteiger charge is 2.08. The molecule has 2 atom stereocenters. The minimum absolute atomic E-state index is 0.257. The molecule has 48 valence electrons. The van der Waals surface area contributed by atoms with E-state index in [0.717, 1.165) is 0 Å². The molecule has 0 fully saturated rings. The zero-order chi connectivity index (χ0) is 6.57. The van der Waals surface area contributed by atoms with Crippen LogP contribution in [0.15, 0.2) is 5.18 Å². The van der Waals surface area contributed by atoms with Crippen molar-refractivity contribution in [2.75, 3.05) is 0 Å². The number of rotatable bonds is 3. The molecule has 4 heteroatoms. The molecule has 2 N–H and O–H groups in total. The summed E-state index contributed by atoms with van der Waals surface area (Å²) in [6.07, 6.45) is 0. The van der Waals surface area contributed by atoms with E-state index < -0.39 is 0 Å². The first-order valence-corrected chi connectivity index (χ1v) is 2.44. The van der Waals surface area contributed by atoms with Crippen LogP contribution in [-0.2, 0) is 0 Å². The monoisotopic (exact) mass is 118 g/mol. The first-order valence-electron chi connectivity index (χ1n) is 2.44. The lowest BCUT2D eigenvalue weighted by Gasteiger charge is -2.08. The van der Waals surface area contributed by atoms with E-state index in [1.165, 1.54) is 0 Å². The lowest BCUT2D eigenvalue weighted by atomic mass is 10.2. The fourth-order valence-electron chi connectivity index (χ4n) is 0.199. The minimum atomic E-state index is -0.375. The zero-order valence-corrected chi connectivity index (χ0v) is 4.96. The Hall–Kier alpha value is -0.480. The largest absolute Gasteiger partial charge is 0.316 e. The average molecular weight is 118 g/mol. The number of hydrogen-bond acceptors (Lipinski definition) is 4. The molecule has 4 nitrogen and oxygen atoms in total. The second kappa shape index (κ2) is 3.51. The number of nitrogens with zero attached hydrogens (tertiary/aromatic N) is 1. The van der Waals surface area contributed by atoms with Crippen LogP contribution in [0.3, 0.4) is 0 Å². The first-order chi connectivity index (χ1) is 3.72. The van der Waals surface area contributed by atoms with Crippen LogP contribution in [0.1, 0.15) is 13.8 Å². The van der Waals surface area contributed by atoms with E-state index in [9.17, 15) is 4.91 Å². The molecular weight excluding hydrogens is 108 g/mol. The standard InChI is InChI=1S/C4H10N2O2/c1-3(5-7)4(2)6-8/h3-5,7H,1-2H3. The molecule has 0 aromatic heterocycles. The van der Waals surface area contributed by atoms with Gasteiger partial charge in [0.25, 0.3) is 0 Å². The van der Waals surface area contributed by atoms with Crippen molar-refractivity contribution in [3.63, 3.8) is 0 Å². The summed E-state index contributed by atoms with van der Waals surface area (Å²) in [5, 5.41) is 10.9. The van der Waals surface area contributed by atoms with Gasteiger partial charge in [0.2, 0.25) is 0 Å². The third kappa shape index (κ3) is 1.99. The molecule has 2 unspecified atom stereocenters. The summed E-state index contributed by atoms with van der Waals surface area (Å²) >= 11 is 0. The van der Waals surface area contributed by atoms with Crippen LogP contribution in [0.5, 0.6) is 0 Å². The van der Waals surface area contributed by atoms with Gasteiger partial charge in [-0.05, 0) is 13.8 Å². The maximum Gasteiger partial charge on any atom is 0.106 e. The van der Waals surface area contributed by atoms with Crippen molar-refractivity contribution in [3.05, 3.63) is 4.91 Å². The summed E-state index contributed by atoms with van der Waals surface area (Å²) in [4.78, 5) is 9.70. The third-order valence-corrected chi connectivity index (χ3v) is 1.09. The van der Waals surface area contributed by atoms with Gasteiger partial charge in [-0.15, -0.1) is 0 Å². The van der Waals surface area contributed by atoms with E-state index >= 15 is 0 Å². The van der Waals surface area contributed by atoms with Crippen LogP contribution >= 0.6 is 0 Å². The Balaban J connectivity index is 3.44. The molecule has 8 heavy (non-hydrogen) atoms. The van der Waals surface area contributed by atoms with E-state index in [2.05, 4.69) is 5.18 Å². The van der Waals surface area contributed by atoms with Crippen molar-refractivity contribution in [1.29, 1.82) is 0 Å². The molecule has 0 heterocycles. The van der Waals surface area contributed by atoms with Gasteiger partial charge < -0.3 is 5.21 Å². The highest BCUT2D eigenvalue weighted by atomic mass is 16.5. The Labute approximate surface area is 47.8 Å². The van der Waals surface area contributed by atoms with Gasteiger partial charge in [0.05, 0.1) is 6.04 Å². The van der Waals surface area contributed by atoms with Gasteiger partial charge in [0.1, 0.15) is 6.04 Å². The Morgan fingerprint density at radius 2 is 2.12 bits per heavy atom. The number of nitroso groups, excluding NO2 is 1. The highest BCUT2D eigenvalue weighted by Crippen LogP contribution is 1.93. The van der Waals surface area contributed by atoms with Crippen LogP contribution in [0.4, 0.5) is 0 Å². The molecule has 0 aliphatic heterocycles. The molecule has 0 bridgehead atoms. The predicted octanol–water partition coefficient (Wildman–Crippen LogP) is 0.509. The SMILES string of the molecule is CC(N=O)C(C)NO. The molecular formula is C4H10N2O2. The normalized spacial score (nSPS) is 17.4. The summed E-state index contributed by atoms with van der Waals surface area (Å²) in [7, 11) is 0. The smallest absolute Gasteiger partial charge is 0.106 e. The Morgan fingerprint density at radius 1 is 1.62 bits per heavy atom. The van der Waals surface area contributed by atoms with E-state index in [1.54, 1.807) is 13.8 Å². The van der Waals surface area contributed by atoms with Gasteiger partial charge in [-0.2, -0.15) is 4.91 Å². The van der Waals surface area contributed by atoms with Crippen molar-refractivity contribution < 1.29 is 5.21 Å². The fourth-order valence-corrected chi connectivity index (χ4v) is 0.199. The second-order valence-electron chi connectivity index (χ2n) is 1.76. The van der Waals surface area contributed by atoms with Crippen molar-refractivity contribution in [1.82, 2.24) is 5.48 Å². The molecule has 0 radical (unpaired) electrons. The van der Waals surface area contributed by atoms with Crippen LogP contribution in [-0.4, -0.2) is 17.3 Å². The van der Waals surface area contributed by atoms with Crippen molar-refractivity contribution in [3.8, 4) is 0 Å².